The molecule has 2 heteroatoms. The van der Waals surface area contributed by atoms with Crippen LogP contribution in [-0.4, -0.2) is 14.2 Å². The van der Waals surface area contributed by atoms with Crippen molar-refractivity contribution in [3.63, 3.8) is 0 Å². The van der Waals surface area contributed by atoms with Crippen LogP contribution in [0.2, 0.25) is 0 Å². The molecule has 2 aromatic carbocycles. The first-order valence-electron chi connectivity index (χ1n) is 8.25. The van der Waals surface area contributed by atoms with Crippen molar-refractivity contribution in [2.24, 2.45) is 0 Å². The Morgan fingerprint density at radius 1 is 0.957 bits per heavy atom. The molecule has 0 spiro atoms. The minimum absolute atomic E-state index is 0.997. The van der Waals surface area contributed by atoms with Crippen molar-refractivity contribution in [1.82, 2.24) is 0 Å². The molecule has 0 unspecified atom stereocenters. The van der Waals surface area contributed by atoms with Crippen molar-refractivity contribution < 1.29 is 9.47 Å². The zero-order chi connectivity index (χ0) is 16.2. The molecule has 0 fully saturated rings. The quantitative estimate of drug-likeness (QED) is 0.728. The summed E-state index contributed by atoms with van der Waals surface area (Å²) in [5, 5.41) is 0. The minimum atomic E-state index is 0.997. The van der Waals surface area contributed by atoms with Gasteiger partial charge in [0.15, 0.2) is 0 Å². The summed E-state index contributed by atoms with van der Waals surface area (Å²) in [5.41, 5.74) is 6.18. The monoisotopic (exact) mass is 308 g/mol. The number of rotatable bonds is 4. The molecule has 3 rings (SSSR count). The van der Waals surface area contributed by atoms with Crippen molar-refractivity contribution in [3.8, 4) is 11.5 Å². The van der Waals surface area contributed by atoms with Gasteiger partial charge in [-0.2, -0.15) is 0 Å². The number of methoxy groups -OCH3 is 2. The number of allylic oxidation sites excluding steroid dienone is 1. The highest BCUT2D eigenvalue weighted by molar-refractivity contribution is 5.84. The molecule has 0 radical (unpaired) electrons. The average molecular weight is 308 g/mol. The van der Waals surface area contributed by atoms with E-state index < -0.39 is 0 Å². The smallest absolute Gasteiger partial charge is 0.130 e. The van der Waals surface area contributed by atoms with E-state index >= 15 is 0 Å². The zero-order valence-corrected chi connectivity index (χ0v) is 14.2. The lowest BCUT2D eigenvalue weighted by Crippen LogP contribution is -2.09. The van der Waals surface area contributed by atoms with Gasteiger partial charge in [-0.1, -0.05) is 36.4 Å². The first kappa shape index (κ1) is 15.7. The standard InChI is InChI=1S/C21H24O2/c1-15(13-16-9-5-4-6-10-16)19-14-20(22-2)17-11-7-8-12-18(17)21(19)23-3/h4-6,9-10,13-14H,7-8,11-12H2,1-3H3/b15-13+. The third-order valence-corrected chi connectivity index (χ3v) is 4.59. The molecule has 0 atom stereocenters. The van der Waals surface area contributed by atoms with Crippen LogP contribution in [0.25, 0.3) is 11.6 Å². The predicted octanol–water partition coefficient (Wildman–Crippen LogP) is 5.14. The lowest BCUT2D eigenvalue weighted by Gasteiger charge is -2.24. The van der Waals surface area contributed by atoms with E-state index in [1.807, 2.05) is 6.07 Å². The highest BCUT2D eigenvalue weighted by Crippen LogP contribution is 2.41. The maximum Gasteiger partial charge on any atom is 0.130 e. The van der Waals surface area contributed by atoms with E-state index in [1.54, 1.807) is 14.2 Å². The first-order chi connectivity index (χ1) is 11.2. The zero-order valence-electron chi connectivity index (χ0n) is 14.2. The van der Waals surface area contributed by atoms with Crippen molar-refractivity contribution >= 4 is 11.6 Å². The summed E-state index contributed by atoms with van der Waals surface area (Å²) in [6.07, 6.45) is 6.80. The van der Waals surface area contributed by atoms with Gasteiger partial charge < -0.3 is 9.47 Å². The summed E-state index contributed by atoms with van der Waals surface area (Å²) in [6.45, 7) is 2.14. The van der Waals surface area contributed by atoms with Gasteiger partial charge in [0.2, 0.25) is 0 Å². The highest BCUT2D eigenvalue weighted by Gasteiger charge is 2.22. The van der Waals surface area contributed by atoms with Crippen LogP contribution in [0.3, 0.4) is 0 Å². The van der Waals surface area contributed by atoms with Gasteiger partial charge in [0.05, 0.1) is 14.2 Å². The molecule has 0 N–H and O–H groups in total. The number of ether oxygens (including phenoxy) is 2. The molecule has 0 bridgehead atoms. The summed E-state index contributed by atoms with van der Waals surface area (Å²) in [6, 6.07) is 12.5. The molecule has 0 aromatic heterocycles. The third-order valence-electron chi connectivity index (χ3n) is 4.59. The molecule has 23 heavy (non-hydrogen) atoms. The Balaban J connectivity index is 2.13. The van der Waals surface area contributed by atoms with Crippen LogP contribution >= 0.6 is 0 Å². The van der Waals surface area contributed by atoms with Crippen LogP contribution < -0.4 is 9.47 Å². The normalized spacial score (nSPS) is 14.3. The van der Waals surface area contributed by atoms with E-state index in [1.165, 1.54) is 35.1 Å². The van der Waals surface area contributed by atoms with Crippen LogP contribution in [0, 0.1) is 0 Å². The van der Waals surface area contributed by atoms with E-state index in [0.29, 0.717) is 0 Å². The molecule has 0 aliphatic heterocycles. The molecule has 0 amide bonds. The maximum absolute atomic E-state index is 5.81. The van der Waals surface area contributed by atoms with E-state index in [4.69, 9.17) is 9.47 Å². The lowest BCUT2D eigenvalue weighted by molar-refractivity contribution is 0.388. The summed E-state index contributed by atoms with van der Waals surface area (Å²) < 4.78 is 11.5. The SMILES string of the molecule is COc1cc(/C(C)=C/c2ccccc2)c(OC)c2c1CCCC2. The molecule has 1 aliphatic rings. The van der Waals surface area contributed by atoms with Crippen molar-refractivity contribution in [2.45, 2.75) is 32.6 Å². The molecule has 120 valence electrons. The summed E-state index contributed by atoms with van der Waals surface area (Å²) in [7, 11) is 3.53. The summed E-state index contributed by atoms with van der Waals surface area (Å²) in [5.74, 6) is 2.02. The molecule has 0 heterocycles. The van der Waals surface area contributed by atoms with E-state index in [-0.39, 0.29) is 0 Å². The molecule has 2 aromatic rings. The van der Waals surface area contributed by atoms with Crippen LogP contribution in [0.5, 0.6) is 11.5 Å². The Morgan fingerprint density at radius 2 is 1.65 bits per heavy atom. The Hall–Kier alpha value is -2.22. The Morgan fingerprint density at radius 3 is 2.30 bits per heavy atom. The molecular weight excluding hydrogens is 284 g/mol. The predicted molar refractivity (Wildman–Crippen MR) is 96.2 cm³/mol. The van der Waals surface area contributed by atoms with Crippen molar-refractivity contribution in [2.75, 3.05) is 14.2 Å². The van der Waals surface area contributed by atoms with Gasteiger partial charge in [-0.3, -0.25) is 0 Å². The second-order valence-electron chi connectivity index (χ2n) is 6.06. The third kappa shape index (κ3) is 3.12. The minimum Gasteiger partial charge on any atom is -0.496 e. The fourth-order valence-electron chi connectivity index (χ4n) is 3.46. The molecule has 0 saturated heterocycles. The van der Waals surface area contributed by atoms with Gasteiger partial charge in [0.25, 0.3) is 0 Å². The van der Waals surface area contributed by atoms with E-state index in [9.17, 15) is 0 Å². The second kappa shape index (κ2) is 6.91. The molecule has 1 aliphatic carbocycles. The van der Waals surface area contributed by atoms with Crippen LogP contribution in [0.4, 0.5) is 0 Å². The van der Waals surface area contributed by atoms with Crippen LogP contribution in [0.1, 0.15) is 42.0 Å². The lowest BCUT2D eigenvalue weighted by atomic mass is 9.87. The fraction of sp³-hybridized carbons (Fsp3) is 0.333. The van der Waals surface area contributed by atoms with E-state index in [0.717, 1.165) is 29.9 Å². The number of hydrogen-bond donors (Lipinski definition) is 0. The van der Waals surface area contributed by atoms with Crippen LogP contribution in [0.15, 0.2) is 36.4 Å². The molecule has 2 nitrogen and oxygen atoms in total. The fourth-order valence-corrected chi connectivity index (χ4v) is 3.46. The summed E-state index contributed by atoms with van der Waals surface area (Å²) >= 11 is 0. The number of hydrogen-bond acceptors (Lipinski definition) is 2. The van der Waals surface area contributed by atoms with Crippen molar-refractivity contribution in [1.29, 1.82) is 0 Å². The van der Waals surface area contributed by atoms with Gasteiger partial charge in [0, 0.05) is 16.7 Å². The second-order valence-corrected chi connectivity index (χ2v) is 6.06. The Bertz CT molecular complexity index is 714. The van der Waals surface area contributed by atoms with Crippen LogP contribution in [-0.2, 0) is 12.8 Å². The maximum atomic E-state index is 5.81. The van der Waals surface area contributed by atoms with Gasteiger partial charge >= 0.3 is 0 Å². The number of benzene rings is 2. The molecule has 0 saturated carbocycles. The topological polar surface area (TPSA) is 18.5 Å². The number of fused-ring (bicyclic) bond motifs is 1. The summed E-state index contributed by atoms with van der Waals surface area (Å²) in [4.78, 5) is 0. The molecular formula is C21H24O2. The first-order valence-corrected chi connectivity index (χ1v) is 8.25. The Kier molecular flexibility index (Phi) is 4.71. The Labute approximate surface area is 138 Å². The van der Waals surface area contributed by atoms with Gasteiger partial charge in [0.1, 0.15) is 11.5 Å². The van der Waals surface area contributed by atoms with Crippen molar-refractivity contribution in [3.05, 3.63) is 58.7 Å². The van der Waals surface area contributed by atoms with Gasteiger partial charge in [-0.25, -0.2) is 0 Å². The largest absolute Gasteiger partial charge is 0.496 e. The van der Waals surface area contributed by atoms with Gasteiger partial charge in [-0.15, -0.1) is 0 Å². The van der Waals surface area contributed by atoms with Gasteiger partial charge in [-0.05, 0) is 49.8 Å². The highest BCUT2D eigenvalue weighted by atomic mass is 16.5. The average Bonchev–Trinajstić information content (AvgIpc) is 2.61. The van der Waals surface area contributed by atoms with E-state index in [2.05, 4.69) is 43.3 Å².